The summed E-state index contributed by atoms with van der Waals surface area (Å²) in [6.07, 6.45) is 1.93. The van der Waals surface area contributed by atoms with E-state index >= 15 is 0 Å². The van der Waals surface area contributed by atoms with Crippen LogP contribution in [0.15, 0.2) is 36.5 Å². The van der Waals surface area contributed by atoms with Crippen molar-refractivity contribution in [1.29, 1.82) is 0 Å². The van der Waals surface area contributed by atoms with Gasteiger partial charge < -0.3 is 10.5 Å². The third-order valence-electron chi connectivity index (χ3n) is 2.67. The summed E-state index contributed by atoms with van der Waals surface area (Å²) in [5.74, 6) is -0.302. The molecule has 4 heteroatoms. The maximum atomic E-state index is 11.1. The highest BCUT2D eigenvalue weighted by Crippen LogP contribution is 2.19. The van der Waals surface area contributed by atoms with Crippen molar-refractivity contribution in [3.63, 3.8) is 0 Å². The molecule has 1 heterocycles. The maximum Gasteiger partial charge on any atom is 0.307 e. The van der Waals surface area contributed by atoms with Gasteiger partial charge in [0.1, 0.15) is 0 Å². The lowest BCUT2D eigenvalue weighted by atomic mass is 10.0. The monoisotopic (exact) mass is 230 g/mol. The van der Waals surface area contributed by atoms with Crippen molar-refractivity contribution in [1.82, 2.24) is 4.98 Å². The summed E-state index contributed by atoms with van der Waals surface area (Å²) in [6.45, 7) is 0. The van der Waals surface area contributed by atoms with Crippen molar-refractivity contribution in [3.05, 3.63) is 42.1 Å². The standard InChI is InChI=1S/C13H14N2O2/c1-17-13(16)8-11(14)9-4-5-12-10(7-9)3-2-6-15-12/h2-7,11H,8,14H2,1H3/t11-/m1/s1. The molecule has 0 unspecified atom stereocenters. The number of methoxy groups -OCH3 is 1. The van der Waals surface area contributed by atoms with Gasteiger partial charge >= 0.3 is 5.97 Å². The summed E-state index contributed by atoms with van der Waals surface area (Å²) in [4.78, 5) is 15.4. The van der Waals surface area contributed by atoms with Gasteiger partial charge in [-0.3, -0.25) is 9.78 Å². The Morgan fingerprint density at radius 2 is 2.29 bits per heavy atom. The number of rotatable bonds is 3. The molecule has 4 nitrogen and oxygen atoms in total. The normalized spacial score (nSPS) is 12.4. The number of nitrogens with zero attached hydrogens (tertiary/aromatic N) is 1. The Balaban J connectivity index is 2.26. The van der Waals surface area contributed by atoms with Gasteiger partial charge in [0, 0.05) is 17.6 Å². The van der Waals surface area contributed by atoms with Crippen LogP contribution in [0, 0.1) is 0 Å². The molecular formula is C13H14N2O2. The smallest absolute Gasteiger partial charge is 0.307 e. The van der Waals surface area contributed by atoms with E-state index in [-0.39, 0.29) is 18.4 Å². The predicted octanol–water partition coefficient (Wildman–Crippen LogP) is 1.80. The van der Waals surface area contributed by atoms with Crippen molar-refractivity contribution in [2.45, 2.75) is 12.5 Å². The summed E-state index contributed by atoms with van der Waals surface area (Å²) >= 11 is 0. The number of carbonyl (C=O) groups is 1. The van der Waals surface area contributed by atoms with Crippen LogP contribution >= 0.6 is 0 Å². The van der Waals surface area contributed by atoms with Crippen LogP contribution in [0.3, 0.4) is 0 Å². The first kappa shape index (κ1) is 11.5. The average molecular weight is 230 g/mol. The van der Waals surface area contributed by atoms with E-state index in [2.05, 4.69) is 9.72 Å². The molecule has 1 aromatic carbocycles. The zero-order chi connectivity index (χ0) is 12.3. The molecule has 1 aromatic heterocycles. The maximum absolute atomic E-state index is 11.1. The quantitative estimate of drug-likeness (QED) is 0.816. The number of fused-ring (bicyclic) bond motifs is 1. The first-order chi connectivity index (χ1) is 8.20. The third kappa shape index (κ3) is 2.60. The largest absolute Gasteiger partial charge is 0.469 e. The summed E-state index contributed by atoms with van der Waals surface area (Å²) in [7, 11) is 1.36. The highest BCUT2D eigenvalue weighted by Gasteiger charge is 2.12. The van der Waals surface area contributed by atoms with Gasteiger partial charge in [-0.1, -0.05) is 12.1 Å². The van der Waals surface area contributed by atoms with Crippen molar-refractivity contribution in [2.75, 3.05) is 7.11 Å². The zero-order valence-electron chi connectivity index (χ0n) is 9.59. The Hall–Kier alpha value is -1.94. The Kier molecular flexibility index (Phi) is 3.35. The molecule has 0 aliphatic carbocycles. The second-order valence-electron chi connectivity index (χ2n) is 3.84. The lowest BCUT2D eigenvalue weighted by Crippen LogP contribution is -2.16. The number of esters is 1. The summed E-state index contributed by atoms with van der Waals surface area (Å²) < 4.78 is 4.60. The van der Waals surface area contributed by atoms with E-state index in [1.165, 1.54) is 7.11 Å². The molecule has 2 N–H and O–H groups in total. The molecule has 2 rings (SSSR count). The van der Waals surface area contributed by atoms with Crippen LogP contribution in [0.1, 0.15) is 18.0 Å². The lowest BCUT2D eigenvalue weighted by molar-refractivity contribution is -0.141. The van der Waals surface area contributed by atoms with E-state index in [4.69, 9.17) is 5.73 Å². The number of benzene rings is 1. The van der Waals surface area contributed by atoms with Gasteiger partial charge in [0.05, 0.1) is 19.0 Å². The minimum atomic E-state index is -0.341. The molecule has 2 aromatic rings. The molecule has 17 heavy (non-hydrogen) atoms. The number of ether oxygens (including phenoxy) is 1. The minimum Gasteiger partial charge on any atom is -0.469 e. The van der Waals surface area contributed by atoms with Crippen molar-refractivity contribution >= 4 is 16.9 Å². The molecule has 88 valence electrons. The molecule has 0 spiro atoms. The first-order valence-corrected chi connectivity index (χ1v) is 5.38. The van der Waals surface area contributed by atoms with Gasteiger partial charge in [-0.05, 0) is 23.8 Å². The lowest BCUT2D eigenvalue weighted by Gasteiger charge is -2.11. The van der Waals surface area contributed by atoms with Crippen molar-refractivity contribution in [2.24, 2.45) is 5.73 Å². The van der Waals surface area contributed by atoms with Crippen molar-refractivity contribution in [3.8, 4) is 0 Å². The minimum absolute atomic E-state index is 0.183. The molecule has 0 bridgehead atoms. The Morgan fingerprint density at radius 1 is 1.47 bits per heavy atom. The molecule has 0 radical (unpaired) electrons. The molecule has 1 atom stereocenters. The Labute approximate surface area is 99.4 Å². The Morgan fingerprint density at radius 3 is 3.06 bits per heavy atom. The fourth-order valence-electron chi connectivity index (χ4n) is 1.71. The molecule has 0 saturated carbocycles. The summed E-state index contributed by atoms with van der Waals surface area (Å²) in [5, 5.41) is 1.02. The highest BCUT2D eigenvalue weighted by atomic mass is 16.5. The topological polar surface area (TPSA) is 65.2 Å². The van der Waals surface area contributed by atoms with E-state index in [9.17, 15) is 4.79 Å². The number of hydrogen-bond acceptors (Lipinski definition) is 4. The van der Waals surface area contributed by atoms with Gasteiger partial charge in [-0.2, -0.15) is 0 Å². The van der Waals surface area contributed by atoms with Crippen LogP contribution in [0.25, 0.3) is 10.9 Å². The van der Waals surface area contributed by atoms with Crippen LogP contribution in [-0.2, 0) is 9.53 Å². The molecule has 0 fully saturated rings. The first-order valence-electron chi connectivity index (χ1n) is 5.38. The van der Waals surface area contributed by atoms with Gasteiger partial charge in [0.25, 0.3) is 0 Å². The Bertz CT molecular complexity index is 540. The van der Waals surface area contributed by atoms with E-state index in [0.29, 0.717) is 0 Å². The van der Waals surface area contributed by atoms with Crippen LogP contribution < -0.4 is 5.73 Å². The number of pyridine rings is 1. The van der Waals surface area contributed by atoms with E-state index < -0.39 is 0 Å². The fraction of sp³-hybridized carbons (Fsp3) is 0.231. The summed E-state index contributed by atoms with van der Waals surface area (Å²) in [6, 6.07) is 9.25. The van der Waals surface area contributed by atoms with E-state index in [1.54, 1.807) is 6.20 Å². The number of hydrogen-bond donors (Lipinski definition) is 1. The molecule has 0 saturated heterocycles. The predicted molar refractivity (Wildman–Crippen MR) is 65.3 cm³/mol. The molecule has 0 aliphatic heterocycles. The fourth-order valence-corrected chi connectivity index (χ4v) is 1.71. The number of aromatic nitrogens is 1. The van der Waals surface area contributed by atoms with Crippen LogP contribution in [0.2, 0.25) is 0 Å². The zero-order valence-corrected chi connectivity index (χ0v) is 9.59. The highest BCUT2D eigenvalue weighted by molar-refractivity contribution is 5.79. The van der Waals surface area contributed by atoms with Gasteiger partial charge in [0.2, 0.25) is 0 Å². The SMILES string of the molecule is COC(=O)C[C@@H](N)c1ccc2ncccc2c1. The molecule has 0 aliphatic rings. The van der Waals surface area contributed by atoms with E-state index in [1.807, 2.05) is 30.3 Å². The van der Waals surface area contributed by atoms with Gasteiger partial charge in [0.15, 0.2) is 0 Å². The van der Waals surface area contributed by atoms with E-state index in [0.717, 1.165) is 16.5 Å². The van der Waals surface area contributed by atoms with Crippen LogP contribution in [0.4, 0.5) is 0 Å². The number of nitrogens with two attached hydrogens (primary N) is 1. The van der Waals surface area contributed by atoms with Crippen LogP contribution in [-0.4, -0.2) is 18.1 Å². The molecular weight excluding hydrogens is 216 g/mol. The van der Waals surface area contributed by atoms with Gasteiger partial charge in [-0.25, -0.2) is 0 Å². The molecule has 0 amide bonds. The third-order valence-corrected chi connectivity index (χ3v) is 2.67. The van der Waals surface area contributed by atoms with Crippen LogP contribution in [0.5, 0.6) is 0 Å². The van der Waals surface area contributed by atoms with Crippen molar-refractivity contribution < 1.29 is 9.53 Å². The van der Waals surface area contributed by atoms with Gasteiger partial charge in [-0.15, -0.1) is 0 Å². The second kappa shape index (κ2) is 4.93. The second-order valence-corrected chi connectivity index (χ2v) is 3.84. The summed E-state index contributed by atoms with van der Waals surface area (Å²) in [5.41, 5.74) is 7.77. The average Bonchev–Trinajstić information content (AvgIpc) is 2.38. The number of carbonyl (C=O) groups excluding carboxylic acids is 1.